The Morgan fingerprint density at radius 3 is 2.23 bits per heavy atom. The van der Waals surface area contributed by atoms with Gasteiger partial charge in [0, 0.05) is 19.1 Å². The lowest BCUT2D eigenvalue weighted by molar-refractivity contribution is 0.409. The largest absolute Gasteiger partial charge is 0.360 e. The van der Waals surface area contributed by atoms with Crippen molar-refractivity contribution in [1.82, 2.24) is 10.2 Å². The van der Waals surface area contributed by atoms with E-state index in [1.807, 2.05) is 0 Å². The minimum absolute atomic E-state index is 0.684. The summed E-state index contributed by atoms with van der Waals surface area (Å²) in [5.74, 6) is 0. The van der Waals surface area contributed by atoms with Crippen LogP contribution < -0.4 is 5.32 Å². The van der Waals surface area contributed by atoms with Crippen LogP contribution in [0.1, 0.15) is 39.5 Å². The number of thiocarbonyl (C=S) groups is 1. The molecule has 0 radical (unpaired) electrons. The summed E-state index contributed by atoms with van der Waals surface area (Å²) in [4.78, 5) is 2.29. The molecule has 76 valence electrons. The molecule has 0 bridgehead atoms. The first-order valence-corrected chi connectivity index (χ1v) is 5.74. The Morgan fingerprint density at radius 1 is 1.31 bits per heavy atom. The molecule has 2 nitrogen and oxygen atoms in total. The molecule has 0 aromatic heterocycles. The summed E-state index contributed by atoms with van der Waals surface area (Å²) in [6.07, 6.45) is 4.94. The van der Waals surface area contributed by atoms with Crippen molar-refractivity contribution in [2.75, 3.05) is 13.1 Å². The first-order chi connectivity index (χ1) is 6.27. The smallest absolute Gasteiger partial charge is 0.169 e. The van der Waals surface area contributed by atoms with Crippen LogP contribution in [0.4, 0.5) is 0 Å². The fourth-order valence-electron chi connectivity index (χ4n) is 1.35. The zero-order chi connectivity index (χ0) is 9.68. The van der Waals surface area contributed by atoms with Gasteiger partial charge in [0.1, 0.15) is 0 Å². The van der Waals surface area contributed by atoms with E-state index in [9.17, 15) is 0 Å². The van der Waals surface area contributed by atoms with Crippen LogP contribution in [0.2, 0.25) is 0 Å². The van der Waals surface area contributed by atoms with E-state index in [4.69, 9.17) is 12.2 Å². The summed E-state index contributed by atoms with van der Waals surface area (Å²) >= 11 is 5.34. The second kappa shape index (κ2) is 5.43. The predicted molar refractivity (Wildman–Crippen MR) is 60.9 cm³/mol. The summed E-state index contributed by atoms with van der Waals surface area (Å²) in [5.41, 5.74) is 0. The number of rotatable bonds is 5. The molecule has 1 fully saturated rings. The maximum Gasteiger partial charge on any atom is 0.169 e. The Labute approximate surface area is 86.7 Å². The van der Waals surface area contributed by atoms with E-state index >= 15 is 0 Å². The van der Waals surface area contributed by atoms with Gasteiger partial charge in [0.25, 0.3) is 0 Å². The van der Waals surface area contributed by atoms with Gasteiger partial charge in [0.2, 0.25) is 0 Å². The molecular formula is C10H20N2S. The van der Waals surface area contributed by atoms with Gasteiger partial charge in [-0.1, -0.05) is 13.8 Å². The molecule has 0 unspecified atom stereocenters. The molecular weight excluding hydrogens is 180 g/mol. The first-order valence-electron chi connectivity index (χ1n) is 5.33. The highest BCUT2D eigenvalue weighted by Gasteiger charge is 2.23. The van der Waals surface area contributed by atoms with Crippen LogP contribution in [0.3, 0.4) is 0 Å². The topological polar surface area (TPSA) is 15.3 Å². The highest BCUT2D eigenvalue weighted by atomic mass is 32.1. The van der Waals surface area contributed by atoms with Gasteiger partial charge in [-0.3, -0.25) is 0 Å². The van der Waals surface area contributed by atoms with Gasteiger partial charge in [-0.25, -0.2) is 0 Å². The van der Waals surface area contributed by atoms with Crippen LogP contribution >= 0.6 is 12.2 Å². The first kappa shape index (κ1) is 10.8. The Hall–Kier alpha value is -0.310. The summed E-state index contributed by atoms with van der Waals surface area (Å²) in [5, 5.41) is 4.35. The van der Waals surface area contributed by atoms with E-state index < -0.39 is 0 Å². The fourth-order valence-corrected chi connectivity index (χ4v) is 1.70. The second-order valence-electron chi connectivity index (χ2n) is 3.71. The molecule has 0 aromatic rings. The van der Waals surface area contributed by atoms with Gasteiger partial charge >= 0.3 is 0 Å². The Balaban J connectivity index is 2.27. The predicted octanol–water partition coefficient (Wildman–Crippen LogP) is 2.15. The number of hydrogen-bond donors (Lipinski definition) is 1. The van der Waals surface area contributed by atoms with Crippen LogP contribution in [-0.2, 0) is 0 Å². The van der Waals surface area contributed by atoms with Crippen molar-refractivity contribution in [2.45, 2.75) is 45.6 Å². The van der Waals surface area contributed by atoms with Crippen molar-refractivity contribution in [3.05, 3.63) is 0 Å². The number of nitrogens with one attached hydrogen (secondary N) is 1. The third kappa shape index (κ3) is 3.94. The fraction of sp³-hybridized carbons (Fsp3) is 0.900. The van der Waals surface area contributed by atoms with Crippen molar-refractivity contribution < 1.29 is 0 Å². The summed E-state index contributed by atoms with van der Waals surface area (Å²) in [6.45, 7) is 6.57. The van der Waals surface area contributed by atoms with E-state index in [2.05, 4.69) is 24.1 Å². The third-order valence-electron chi connectivity index (χ3n) is 2.18. The molecule has 0 aliphatic heterocycles. The average molecular weight is 200 g/mol. The molecule has 0 spiro atoms. The molecule has 3 heteroatoms. The number of hydrogen-bond acceptors (Lipinski definition) is 1. The molecule has 1 N–H and O–H groups in total. The van der Waals surface area contributed by atoms with Gasteiger partial charge < -0.3 is 10.2 Å². The monoisotopic (exact) mass is 200 g/mol. The van der Waals surface area contributed by atoms with E-state index in [1.165, 1.54) is 25.7 Å². The van der Waals surface area contributed by atoms with Crippen molar-refractivity contribution in [2.24, 2.45) is 0 Å². The molecule has 1 aliphatic rings. The van der Waals surface area contributed by atoms with E-state index in [0.29, 0.717) is 6.04 Å². The number of nitrogens with zero attached hydrogens (tertiary/aromatic N) is 1. The maximum atomic E-state index is 5.34. The summed E-state index contributed by atoms with van der Waals surface area (Å²) in [6, 6.07) is 0.684. The van der Waals surface area contributed by atoms with Crippen molar-refractivity contribution in [3.8, 4) is 0 Å². The standard InChI is InChI=1S/C10H20N2S/c1-3-7-12(8-4-2)10(13)11-9-5-6-9/h9H,3-8H2,1-2H3,(H,11,13). The van der Waals surface area contributed by atoms with E-state index in [-0.39, 0.29) is 0 Å². The lowest BCUT2D eigenvalue weighted by Crippen LogP contribution is -2.41. The molecule has 1 saturated carbocycles. The molecule has 0 amide bonds. The van der Waals surface area contributed by atoms with Crippen LogP contribution in [0.25, 0.3) is 0 Å². The zero-order valence-corrected chi connectivity index (χ0v) is 9.49. The van der Waals surface area contributed by atoms with Crippen molar-refractivity contribution in [1.29, 1.82) is 0 Å². The van der Waals surface area contributed by atoms with Crippen LogP contribution in [-0.4, -0.2) is 29.1 Å². The minimum Gasteiger partial charge on any atom is -0.360 e. The Morgan fingerprint density at radius 2 is 1.85 bits per heavy atom. The van der Waals surface area contributed by atoms with Crippen LogP contribution in [0.5, 0.6) is 0 Å². The molecule has 0 aromatic carbocycles. The van der Waals surface area contributed by atoms with Crippen LogP contribution in [0, 0.1) is 0 Å². The highest BCUT2D eigenvalue weighted by Crippen LogP contribution is 2.19. The van der Waals surface area contributed by atoms with Gasteiger partial charge in [-0.15, -0.1) is 0 Å². The second-order valence-corrected chi connectivity index (χ2v) is 4.10. The van der Waals surface area contributed by atoms with E-state index in [0.717, 1.165) is 18.2 Å². The Kier molecular flexibility index (Phi) is 4.50. The van der Waals surface area contributed by atoms with Crippen molar-refractivity contribution in [3.63, 3.8) is 0 Å². The quantitative estimate of drug-likeness (QED) is 0.685. The lowest BCUT2D eigenvalue weighted by atomic mass is 10.4. The molecule has 1 rings (SSSR count). The van der Waals surface area contributed by atoms with Gasteiger partial charge in [-0.2, -0.15) is 0 Å². The van der Waals surface area contributed by atoms with Gasteiger partial charge in [0.15, 0.2) is 5.11 Å². The molecule has 1 aliphatic carbocycles. The Bertz CT molecular complexity index is 160. The highest BCUT2D eigenvalue weighted by molar-refractivity contribution is 7.80. The molecule has 13 heavy (non-hydrogen) atoms. The normalized spacial score (nSPS) is 15.5. The summed E-state index contributed by atoms with van der Waals surface area (Å²) in [7, 11) is 0. The van der Waals surface area contributed by atoms with Gasteiger partial charge in [0.05, 0.1) is 0 Å². The zero-order valence-electron chi connectivity index (χ0n) is 8.68. The lowest BCUT2D eigenvalue weighted by Gasteiger charge is -2.24. The third-order valence-corrected chi connectivity index (χ3v) is 2.56. The average Bonchev–Trinajstić information content (AvgIpc) is 2.88. The van der Waals surface area contributed by atoms with Gasteiger partial charge in [-0.05, 0) is 37.9 Å². The SMILES string of the molecule is CCCN(CCC)C(=S)NC1CC1. The van der Waals surface area contributed by atoms with E-state index in [1.54, 1.807) is 0 Å². The molecule has 0 atom stereocenters. The summed E-state index contributed by atoms with van der Waals surface area (Å²) < 4.78 is 0. The van der Waals surface area contributed by atoms with Crippen molar-refractivity contribution >= 4 is 17.3 Å². The minimum atomic E-state index is 0.684. The molecule has 0 saturated heterocycles. The van der Waals surface area contributed by atoms with Crippen LogP contribution in [0.15, 0.2) is 0 Å². The maximum absolute atomic E-state index is 5.34. The molecule has 0 heterocycles.